The van der Waals surface area contributed by atoms with Crippen molar-refractivity contribution >= 4 is 11.8 Å². The number of carbonyl (C=O) groups excluding carboxylic acids is 1. The molecule has 0 spiro atoms. The fourth-order valence-corrected chi connectivity index (χ4v) is 3.14. The van der Waals surface area contributed by atoms with Gasteiger partial charge in [-0.25, -0.2) is 14.8 Å². The molecular weight excluding hydrogens is 268 g/mol. The quantitative estimate of drug-likeness (QED) is 0.830. The lowest BCUT2D eigenvalue weighted by atomic mass is 9.83. The molecule has 1 aliphatic carbocycles. The van der Waals surface area contributed by atoms with Crippen LogP contribution in [0.15, 0.2) is 12.3 Å². The molecule has 2 atom stereocenters. The number of aromatic nitrogens is 2. The summed E-state index contributed by atoms with van der Waals surface area (Å²) in [4.78, 5) is 22.2. The second-order valence-electron chi connectivity index (χ2n) is 5.36. The smallest absolute Gasteiger partial charge is 0.376 e. The fourth-order valence-electron chi connectivity index (χ4n) is 3.14. The SMILES string of the molecule is CCN(c1ccnc(C(=O)OC)n1)C1CCCCC1CN. The zero-order valence-corrected chi connectivity index (χ0v) is 12.8. The van der Waals surface area contributed by atoms with Gasteiger partial charge in [0.15, 0.2) is 0 Å². The van der Waals surface area contributed by atoms with Gasteiger partial charge >= 0.3 is 5.97 Å². The highest BCUT2D eigenvalue weighted by Crippen LogP contribution is 2.30. The molecule has 0 bridgehead atoms. The summed E-state index contributed by atoms with van der Waals surface area (Å²) in [7, 11) is 1.33. The highest BCUT2D eigenvalue weighted by molar-refractivity contribution is 5.85. The van der Waals surface area contributed by atoms with Crippen molar-refractivity contribution < 1.29 is 9.53 Å². The molecule has 116 valence electrons. The molecule has 6 nitrogen and oxygen atoms in total. The van der Waals surface area contributed by atoms with Crippen LogP contribution in [0.25, 0.3) is 0 Å². The van der Waals surface area contributed by atoms with Crippen LogP contribution < -0.4 is 10.6 Å². The van der Waals surface area contributed by atoms with Crippen LogP contribution in [0.4, 0.5) is 5.82 Å². The van der Waals surface area contributed by atoms with Crippen LogP contribution in [0.5, 0.6) is 0 Å². The van der Waals surface area contributed by atoms with Gasteiger partial charge in [0.1, 0.15) is 5.82 Å². The number of ether oxygens (including phenoxy) is 1. The van der Waals surface area contributed by atoms with Crippen LogP contribution in [-0.4, -0.2) is 42.2 Å². The molecule has 2 unspecified atom stereocenters. The number of rotatable bonds is 5. The lowest BCUT2D eigenvalue weighted by molar-refractivity contribution is 0.0586. The molecule has 21 heavy (non-hydrogen) atoms. The topological polar surface area (TPSA) is 81.3 Å². The van der Waals surface area contributed by atoms with Gasteiger partial charge in [-0.3, -0.25) is 0 Å². The molecule has 0 aliphatic heterocycles. The van der Waals surface area contributed by atoms with Gasteiger partial charge in [-0.15, -0.1) is 0 Å². The van der Waals surface area contributed by atoms with E-state index in [1.807, 2.05) is 6.07 Å². The van der Waals surface area contributed by atoms with Crippen LogP contribution in [0.1, 0.15) is 43.2 Å². The Morgan fingerprint density at radius 1 is 1.48 bits per heavy atom. The molecule has 1 fully saturated rings. The molecule has 1 aromatic heterocycles. The minimum atomic E-state index is -0.507. The predicted molar refractivity (Wildman–Crippen MR) is 81.2 cm³/mol. The second kappa shape index (κ2) is 7.36. The Hall–Kier alpha value is -1.69. The second-order valence-corrected chi connectivity index (χ2v) is 5.36. The molecular formula is C15H24N4O2. The average molecular weight is 292 g/mol. The van der Waals surface area contributed by atoms with Crippen molar-refractivity contribution in [2.45, 2.75) is 38.6 Å². The summed E-state index contributed by atoms with van der Waals surface area (Å²) in [6, 6.07) is 2.23. The minimum Gasteiger partial charge on any atom is -0.463 e. The number of carbonyl (C=O) groups is 1. The number of methoxy groups -OCH3 is 1. The van der Waals surface area contributed by atoms with Crippen LogP contribution in [0.3, 0.4) is 0 Å². The lowest BCUT2D eigenvalue weighted by Crippen LogP contribution is -2.45. The first-order valence-corrected chi connectivity index (χ1v) is 7.59. The van der Waals surface area contributed by atoms with Gasteiger partial charge in [0.25, 0.3) is 0 Å². The Morgan fingerprint density at radius 3 is 2.90 bits per heavy atom. The number of anilines is 1. The summed E-state index contributed by atoms with van der Waals surface area (Å²) >= 11 is 0. The van der Waals surface area contributed by atoms with Crippen molar-refractivity contribution in [1.29, 1.82) is 0 Å². The van der Waals surface area contributed by atoms with E-state index in [0.29, 0.717) is 18.5 Å². The van der Waals surface area contributed by atoms with Crippen molar-refractivity contribution in [1.82, 2.24) is 9.97 Å². The van der Waals surface area contributed by atoms with E-state index in [4.69, 9.17) is 5.73 Å². The Morgan fingerprint density at radius 2 is 2.24 bits per heavy atom. The predicted octanol–water partition coefficient (Wildman–Crippen LogP) is 1.61. The Labute approximate surface area is 125 Å². The molecule has 0 saturated heterocycles. The first-order chi connectivity index (χ1) is 10.2. The van der Waals surface area contributed by atoms with E-state index in [-0.39, 0.29) is 5.82 Å². The average Bonchev–Trinajstić information content (AvgIpc) is 2.55. The molecule has 0 radical (unpaired) electrons. The molecule has 6 heteroatoms. The van der Waals surface area contributed by atoms with Gasteiger partial charge in [-0.1, -0.05) is 12.8 Å². The summed E-state index contributed by atoms with van der Waals surface area (Å²) in [6.07, 6.45) is 6.34. The molecule has 1 heterocycles. The Kier molecular flexibility index (Phi) is 5.50. The Bertz CT molecular complexity index is 480. The van der Waals surface area contributed by atoms with Crippen molar-refractivity contribution in [2.24, 2.45) is 11.7 Å². The molecule has 2 rings (SSSR count). The third kappa shape index (κ3) is 3.50. The summed E-state index contributed by atoms with van der Waals surface area (Å²) in [5, 5.41) is 0. The van der Waals surface area contributed by atoms with Gasteiger partial charge in [-0.05, 0) is 38.3 Å². The maximum absolute atomic E-state index is 11.6. The number of esters is 1. The number of hydrogen-bond acceptors (Lipinski definition) is 6. The molecule has 1 saturated carbocycles. The molecule has 1 aromatic rings. The third-order valence-electron chi connectivity index (χ3n) is 4.22. The standard InChI is InChI=1S/C15H24N4O2/c1-3-19(12-7-5-4-6-11(12)10-16)13-8-9-17-14(18-13)15(20)21-2/h8-9,11-12H,3-7,10,16H2,1-2H3. The maximum atomic E-state index is 11.6. The zero-order chi connectivity index (χ0) is 15.2. The summed E-state index contributed by atoms with van der Waals surface area (Å²) in [5.41, 5.74) is 5.93. The van der Waals surface area contributed by atoms with Crippen LogP contribution in [0, 0.1) is 5.92 Å². The van der Waals surface area contributed by atoms with Gasteiger partial charge < -0.3 is 15.4 Å². The molecule has 0 amide bonds. The van der Waals surface area contributed by atoms with Crippen LogP contribution in [-0.2, 0) is 4.74 Å². The van der Waals surface area contributed by atoms with Gasteiger partial charge in [0, 0.05) is 18.8 Å². The van der Waals surface area contributed by atoms with E-state index in [1.165, 1.54) is 20.0 Å². The number of nitrogens with zero attached hydrogens (tertiary/aromatic N) is 3. The van der Waals surface area contributed by atoms with Crippen molar-refractivity contribution in [2.75, 3.05) is 25.1 Å². The third-order valence-corrected chi connectivity index (χ3v) is 4.22. The van der Waals surface area contributed by atoms with Crippen molar-refractivity contribution in [3.05, 3.63) is 18.1 Å². The normalized spacial score (nSPS) is 21.9. The van der Waals surface area contributed by atoms with Crippen LogP contribution in [0.2, 0.25) is 0 Å². The van der Waals surface area contributed by atoms with E-state index in [9.17, 15) is 4.79 Å². The molecule has 0 aromatic carbocycles. The summed E-state index contributed by atoms with van der Waals surface area (Å²) in [6.45, 7) is 3.62. The first-order valence-electron chi connectivity index (χ1n) is 7.59. The van der Waals surface area contributed by atoms with E-state index >= 15 is 0 Å². The van der Waals surface area contributed by atoms with Crippen LogP contribution >= 0.6 is 0 Å². The van der Waals surface area contributed by atoms with Crippen molar-refractivity contribution in [3.8, 4) is 0 Å². The van der Waals surface area contributed by atoms with Gasteiger partial charge in [0.05, 0.1) is 7.11 Å². The summed E-state index contributed by atoms with van der Waals surface area (Å²) in [5.74, 6) is 0.856. The first kappa shape index (κ1) is 15.7. The number of hydrogen-bond donors (Lipinski definition) is 1. The Balaban J connectivity index is 2.25. The minimum absolute atomic E-state index is 0.105. The molecule has 2 N–H and O–H groups in total. The maximum Gasteiger partial charge on any atom is 0.376 e. The zero-order valence-electron chi connectivity index (χ0n) is 12.8. The van der Waals surface area contributed by atoms with E-state index < -0.39 is 5.97 Å². The van der Waals surface area contributed by atoms with E-state index in [0.717, 1.165) is 25.2 Å². The fraction of sp³-hybridized carbons (Fsp3) is 0.667. The summed E-state index contributed by atoms with van der Waals surface area (Å²) < 4.78 is 4.69. The van der Waals surface area contributed by atoms with E-state index in [2.05, 4.69) is 26.5 Å². The number of nitrogens with two attached hydrogens (primary N) is 1. The molecule has 1 aliphatic rings. The lowest BCUT2D eigenvalue weighted by Gasteiger charge is -2.40. The highest BCUT2D eigenvalue weighted by atomic mass is 16.5. The van der Waals surface area contributed by atoms with E-state index in [1.54, 1.807) is 6.20 Å². The largest absolute Gasteiger partial charge is 0.463 e. The van der Waals surface area contributed by atoms with Gasteiger partial charge in [0.2, 0.25) is 5.82 Å². The highest BCUT2D eigenvalue weighted by Gasteiger charge is 2.29. The van der Waals surface area contributed by atoms with Crippen molar-refractivity contribution in [3.63, 3.8) is 0 Å². The van der Waals surface area contributed by atoms with Gasteiger partial charge in [-0.2, -0.15) is 0 Å². The monoisotopic (exact) mass is 292 g/mol.